The topological polar surface area (TPSA) is 39.1 Å². The van der Waals surface area contributed by atoms with Crippen LogP contribution in [0.5, 0.6) is 0 Å². The largest absolute Gasteiger partial charge is 0.382 e. The van der Waals surface area contributed by atoms with Gasteiger partial charge in [-0.1, -0.05) is 11.6 Å². The van der Waals surface area contributed by atoms with Crippen LogP contribution in [-0.4, -0.2) is 29.3 Å². The first-order chi connectivity index (χ1) is 7.66. The van der Waals surface area contributed by atoms with Gasteiger partial charge in [0.25, 0.3) is 0 Å². The third kappa shape index (κ3) is 3.94. The smallest absolute Gasteiger partial charge is 0.204 e. The summed E-state index contributed by atoms with van der Waals surface area (Å²) in [6.07, 6.45) is 0.983. The second-order valence-corrected chi connectivity index (χ2v) is 4.10. The van der Waals surface area contributed by atoms with Crippen LogP contribution in [0.3, 0.4) is 0 Å². The third-order valence-electron chi connectivity index (χ3n) is 2.25. The maximum atomic E-state index is 5.93. The molecule has 4 nitrogen and oxygen atoms in total. The van der Waals surface area contributed by atoms with E-state index in [2.05, 4.69) is 10.3 Å². The highest BCUT2D eigenvalue weighted by Gasteiger charge is 2.10. The van der Waals surface area contributed by atoms with Gasteiger partial charge in [0.15, 0.2) is 5.15 Å². The number of imidazole rings is 1. The van der Waals surface area contributed by atoms with Crippen molar-refractivity contribution in [1.29, 1.82) is 0 Å². The summed E-state index contributed by atoms with van der Waals surface area (Å²) in [6.45, 7) is 5.09. The highest BCUT2D eigenvalue weighted by molar-refractivity contribution is 6.32. The van der Waals surface area contributed by atoms with E-state index in [4.69, 9.17) is 27.9 Å². The second-order valence-electron chi connectivity index (χ2n) is 3.40. The molecule has 0 aliphatic rings. The van der Waals surface area contributed by atoms with E-state index in [1.165, 1.54) is 0 Å². The first kappa shape index (κ1) is 13.8. The van der Waals surface area contributed by atoms with Gasteiger partial charge in [-0.15, -0.1) is 0 Å². The average Bonchev–Trinajstić information content (AvgIpc) is 2.49. The molecule has 0 aliphatic heterocycles. The molecule has 0 aliphatic carbocycles. The van der Waals surface area contributed by atoms with Crippen molar-refractivity contribution in [2.24, 2.45) is 7.05 Å². The molecule has 0 unspecified atom stereocenters. The van der Waals surface area contributed by atoms with E-state index in [9.17, 15) is 0 Å². The quantitative estimate of drug-likeness (QED) is 0.769. The zero-order chi connectivity index (χ0) is 12.0. The molecular weight excluding hydrogens is 249 g/mol. The van der Waals surface area contributed by atoms with Gasteiger partial charge in [0, 0.05) is 26.8 Å². The van der Waals surface area contributed by atoms with Gasteiger partial charge < -0.3 is 14.6 Å². The first-order valence-electron chi connectivity index (χ1n) is 5.31. The van der Waals surface area contributed by atoms with Crippen LogP contribution in [0.15, 0.2) is 0 Å². The third-order valence-corrected chi connectivity index (χ3v) is 2.89. The maximum Gasteiger partial charge on any atom is 0.204 e. The Morgan fingerprint density at radius 2 is 2.19 bits per heavy atom. The average molecular weight is 266 g/mol. The van der Waals surface area contributed by atoms with Crippen molar-refractivity contribution < 1.29 is 4.74 Å². The molecule has 0 aromatic carbocycles. The summed E-state index contributed by atoms with van der Waals surface area (Å²) in [5.41, 5.74) is 0.906. The summed E-state index contributed by atoms with van der Waals surface area (Å²) in [7, 11) is 1.85. The molecule has 0 bridgehead atoms. The fourth-order valence-electron chi connectivity index (χ4n) is 1.31. The van der Waals surface area contributed by atoms with E-state index >= 15 is 0 Å². The van der Waals surface area contributed by atoms with Crippen molar-refractivity contribution in [2.45, 2.75) is 19.9 Å². The van der Waals surface area contributed by atoms with Crippen LogP contribution in [0.1, 0.15) is 19.0 Å². The van der Waals surface area contributed by atoms with E-state index in [0.717, 1.165) is 31.9 Å². The Morgan fingerprint density at radius 3 is 2.75 bits per heavy atom. The molecule has 1 heterocycles. The van der Waals surface area contributed by atoms with E-state index in [1.807, 2.05) is 14.0 Å². The van der Waals surface area contributed by atoms with Crippen molar-refractivity contribution in [3.05, 3.63) is 16.1 Å². The fourth-order valence-corrected chi connectivity index (χ4v) is 1.82. The summed E-state index contributed by atoms with van der Waals surface area (Å²) in [6, 6.07) is 0. The molecule has 92 valence electrons. The minimum atomic E-state index is 0.413. The van der Waals surface area contributed by atoms with E-state index < -0.39 is 0 Å². The monoisotopic (exact) mass is 265 g/mol. The highest BCUT2D eigenvalue weighted by Crippen LogP contribution is 2.18. The zero-order valence-electron chi connectivity index (χ0n) is 9.59. The first-order valence-corrected chi connectivity index (χ1v) is 6.07. The number of hydrogen-bond acceptors (Lipinski definition) is 3. The normalized spacial score (nSPS) is 11.0. The van der Waals surface area contributed by atoms with Gasteiger partial charge in [0.2, 0.25) is 5.28 Å². The minimum Gasteiger partial charge on any atom is -0.382 e. The van der Waals surface area contributed by atoms with Crippen molar-refractivity contribution >= 4 is 23.2 Å². The van der Waals surface area contributed by atoms with Crippen LogP contribution in [0.4, 0.5) is 0 Å². The number of halogens is 2. The Labute approximate surface area is 106 Å². The molecule has 1 aromatic rings. The Balaban J connectivity index is 2.26. The van der Waals surface area contributed by atoms with Gasteiger partial charge in [0.1, 0.15) is 0 Å². The van der Waals surface area contributed by atoms with E-state index in [1.54, 1.807) is 4.57 Å². The summed E-state index contributed by atoms with van der Waals surface area (Å²) in [5, 5.41) is 4.15. The number of nitrogens with one attached hydrogen (secondary N) is 1. The van der Waals surface area contributed by atoms with Gasteiger partial charge in [-0.05, 0) is 31.5 Å². The highest BCUT2D eigenvalue weighted by atomic mass is 35.5. The van der Waals surface area contributed by atoms with Gasteiger partial charge in [-0.2, -0.15) is 0 Å². The predicted octanol–water partition coefficient (Wildman–Crippen LogP) is 2.24. The molecule has 0 atom stereocenters. The van der Waals surface area contributed by atoms with E-state index in [0.29, 0.717) is 17.0 Å². The Hall–Kier alpha value is -0.290. The SMILES string of the molecule is CCOCCCNCc1c(Cl)nc(Cl)n1C. The number of hydrogen-bond donors (Lipinski definition) is 1. The molecule has 0 radical (unpaired) electrons. The van der Waals surface area contributed by atoms with Crippen molar-refractivity contribution in [1.82, 2.24) is 14.9 Å². The predicted molar refractivity (Wildman–Crippen MR) is 66.0 cm³/mol. The van der Waals surface area contributed by atoms with Gasteiger partial charge >= 0.3 is 0 Å². The lowest BCUT2D eigenvalue weighted by atomic mass is 10.4. The van der Waals surface area contributed by atoms with E-state index in [-0.39, 0.29) is 0 Å². The van der Waals surface area contributed by atoms with Crippen LogP contribution >= 0.6 is 23.2 Å². The Morgan fingerprint density at radius 1 is 1.44 bits per heavy atom. The number of rotatable bonds is 7. The molecular formula is C10H17Cl2N3O. The number of aromatic nitrogens is 2. The molecule has 0 saturated carbocycles. The number of nitrogens with zero attached hydrogens (tertiary/aromatic N) is 2. The molecule has 0 saturated heterocycles. The van der Waals surface area contributed by atoms with Gasteiger partial charge in [-0.3, -0.25) is 0 Å². The fraction of sp³-hybridized carbons (Fsp3) is 0.700. The summed E-state index contributed by atoms with van der Waals surface area (Å²) in [5.74, 6) is 0. The lowest BCUT2D eigenvalue weighted by Gasteiger charge is -2.06. The number of ether oxygens (including phenoxy) is 1. The Bertz CT molecular complexity index is 328. The minimum absolute atomic E-state index is 0.413. The van der Waals surface area contributed by atoms with Crippen LogP contribution < -0.4 is 5.32 Å². The molecule has 1 N–H and O–H groups in total. The molecule has 1 aromatic heterocycles. The molecule has 1 rings (SSSR count). The lowest BCUT2D eigenvalue weighted by molar-refractivity contribution is 0.144. The standard InChI is InChI=1S/C10H17Cl2N3O/c1-3-16-6-4-5-13-7-8-9(11)14-10(12)15(8)2/h13H,3-7H2,1-2H3. The van der Waals surface area contributed by atoms with Crippen molar-refractivity contribution in [3.63, 3.8) is 0 Å². The van der Waals surface area contributed by atoms with Crippen LogP contribution in [0, 0.1) is 0 Å². The van der Waals surface area contributed by atoms with Crippen LogP contribution in [0.25, 0.3) is 0 Å². The summed E-state index contributed by atoms with van der Waals surface area (Å²) >= 11 is 11.8. The summed E-state index contributed by atoms with van der Waals surface area (Å²) < 4.78 is 7.01. The van der Waals surface area contributed by atoms with Gasteiger partial charge in [0.05, 0.1) is 5.69 Å². The maximum absolute atomic E-state index is 5.93. The second kappa shape index (κ2) is 7.12. The molecule has 0 spiro atoms. The van der Waals surface area contributed by atoms with Crippen molar-refractivity contribution in [3.8, 4) is 0 Å². The van der Waals surface area contributed by atoms with Gasteiger partial charge in [-0.25, -0.2) is 4.98 Å². The molecule has 0 fully saturated rings. The van der Waals surface area contributed by atoms with Crippen LogP contribution in [0.2, 0.25) is 10.4 Å². The molecule has 0 amide bonds. The Kier molecular flexibility index (Phi) is 6.13. The zero-order valence-corrected chi connectivity index (χ0v) is 11.1. The summed E-state index contributed by atoms with van der Waals surface area (Å²) in [4.78, 5) is 3.97. The van der Waals surface area contributed by atoms with Crippen LogP contribution in [-0.2, 0) is 18.3 Å². The lowest BCUT2D eigenvalue weighted by Crippen LogP contribution is -2.18. The van der Waals surface area contributed by atoms with Crippen molar-refractivity contribution in [2.75, 3.05) is 19.8 Å². The molecule has 16 heavy (non-hydrogen) atoms. The molecule has 6 heteroatoms.